The Balaban J connectivity index is 1.74. The summed E-state index contributed by atoms with van der Waals surface area (Å²) in [7, 11) is 0. The van der Waals surface area contributed by atoms with Crippen LogP contribution in [-0.2, 0) is 6.42 Å². The Morgan fingerprint density at radius 3 is 2.40 bits per heavy atom. The molecule has 1 atom stereocenters. The molecule has 3 aromatic rings. The van der Waals surface area contributed by atoms with E-state index in [2.05, 4.69) is 43.4 Å². The largest absolute Gasteiger partial charge is 0.345 e. The van der Waals surface area contributed by atoms with Crippen LogP contribution < -0.4 is 5.32 Å². The molecule has 25 heavy (non-hydrogen) atoms. The number of thiophene rings is 1. The van der Waals surface area contributed by atoms with Gasteiger partial charge in [-0.05, 0) is 36.5 Å². The molecular weight excluding hydrogens is 350 g/mol. The average Bonchev–Trinajstić information content (AvgIpc) is 2.92. The van der Waals surface area contributed by atoms with Crippen LogP contribution in [0.25, 0.3) is 10.1 Å². The van der Waals surface area contributed by atoms with Gasteiger partial charge < -0.3 is 5.32 Å². The molecule has 130 valence electrons. The predicted octanol–water partition coefficient (Wildman–Crippen LogP) is 6.24. The molecule has 0 saturated carbocycles. The Hall–Kier alpha value is -1.84. The highest BCUT2D eigenvalue weighted by Gasteiger charge is 2.19. The summed E-state index contributed by atoms with van der Waals surface area (Å²) in [6.07, 6.45) is 1.07. The number of rotatable bonds is 5. The highest BCUT2D eigenvalue weighted by Crippen LogP contribution is 2.35. The average molecular weight is 372 g/mol. The van der Waals surface area contributed by atoms with Gasteiger partial charge >= 0.3 is 0 Å². The molecule has 3 rings (SSSR count). The lowest BCUT2D eigenvalue weighted by molar-refractivity contribution is 0.0944. The van der Waals surface area contributed by atoms with Gasteiger partial charge in [-0.2, -0.15) is 0 Å². The van der Waals surface area contributed by atoms with E-state index in [4.69, 9.17) is 11.6 Å². The summed E-state index contributed by atoms with van der Waals surface area (Å²) in [6.45, 7) is 6.42. The second kappa shape index (κ2) is 7.59. The maximum absolute atomic E-state index is 12.6. The van der Waals surface area contributed by atoms with Gasteiger partial charge in [-0.15, -0.1) is 11.3 Å². The highest BCUT2D eigenvalue weighted by molar-refractivity contribution is 7.21. The van der Waals surface area contributed by atoms with Crippen LogP contribution in [0.5, 0.6) is 0 Å². The van der Waals surface area contributed by atoms with E-state index in [-0.39, 0.29) is 11.9 Å². The standard InChI is InChI=1S/C21H22ClNOS/c1-13(2)12-15-8-10-16(11-9-15)14(3)23-21(24)20-19(22)17-6-4-5-7-18(17)25-20/h4-11,13-14H,12H2,1-3H3,(H,23,24)/t14-/m1/s1. The van der Waals surface area contributed by atoms with Gasteiger partial charge in [0, 0.05) is 10.1 Å². The van der Waals surface area contributed by atoms with Gasteiger partial charge in [-0.25, -0.2) is 0 Å². The fourth-order valence-corrected chi connectivity index (χ4v) is 4.34. The smallest absolute Gasteiger partial charge is 0.263 e. The molecule has 2 nitrogen and oxygen atoms in total. The van der Waals surface area contributed by atoms with Crippen molar-refractivity contribution in [2.45, 2.75) is 33.2 Å². The second-order valence-electron chi connectivity index (χ2n) is 6.78. The van der Waals surface area contributed by atoms with E-state index in [0.29, 0.717) is 15.8 Å². The van der Waals surface area contributed by atoms with Gasteiger partial charge in [0.25, 0.3) is 5.91 Å². The van der Waals surface area contributed by atoms with Gasteiger partial charge in [0.2, 0.25) is 0 Å². The zero-order chi connectivity index (χ0) is 18.0. The van der Waals surface area contributed by atoms with E-state index in [9.17, 15) is 4.79 Å². The number of benzene rings is 2. The first-order chi connectivity index (χ1) is 12.0. The fourth-order valence-electron chi connectivity index (χ4n) is 2.92. The van der Waals surface area contributed by atoms with Crippen molar-refractivity contribution in [2.24, 2.45) is 5.92 Å². The van der Waals surface area contributed by atoms with E-state index >= 15 is 0 Å². The van der Waals surface area contributed by atoms with Crippen molar-refractivity contribution < 1.29 is 4.79 Å². The molecule has 0 fully saturated rings. The van der Waals surface area contributed by atoms with Gasteiger partial charge in [0.05, 0.1) is 11.1 Å². The molecular formula is C21H22ClNOS. The van der Waals surface area contributed by atoms with E-state index in [1.165, 1.54) is 16.9 Å². The molecule has 1 aromatic heterocycles. The summed E-state index contributed by atoms with van der Waals surface area (Å²) in [5.74, 6) is 0.517. The summed E-state index contributed by atoms with van der Waals surface area (Å²) < 4.78 is 1.03. The zero-order valence-corrected chi connectivity index (χ0v) is 16.2. The van der Waals surface area contributed by atoms with Crippen molar-refractivity contribution >= 4 is 38.9 Å². The van der Waals surface area contributed by atoms with Gasteiger partial charge in [-0.1, -0.05) is 67.9 Å². The summed E-state index contributed by atoms with van der Waals surface area (Å²) in [6, 6.07) is 16.2. The minimum Gasteiger partial charge on any atom is -0.345 e. The lowest BCUT2D eigenvalue weighted by atomic mass is 10.00. The minimum absolute atomic E-state index is 0.0677. The van der Waals surface area contributed by atoms with Crippen LogP contribution in [0.3, 0.4) is 0 Å². The molecule has 0 unspecified atom stereocenters. The van der Waals surface area contributed by atoms with E-state index < -0.39 is 0 Å². The third kappa shape index (κ3) is 4.05. The number of amides is 1. The number of halogens is 1. The van der Waals surface area contributed by atoms with Crippen molar-refractivity contribution in [3.05, 3.63) is 69.6 Å². The fraction of sp³-hybridized carbons (Fsp3) is 0.286. The summed E-state index contributed by atoms with van der Waals surface area (Å²) in [4.78, 5) is 13.2. The van der Waals surface area contributed by atoms with Crippen molar-refractivity contribution in [2.75, 3.05) is 0 Å². The number of carbonyl (C=O) groups is 1. The SMILES string of the molecule is CC(C)Cc1ccc([C@@H](C)NC(=O)c2sc3ccccc3c2Cl)cc1. The molecule has 0 aliphatic carbocycles. The van der Waals surface area contributed by atoms with Crippen LogP contribution in [-0.4, -0.2) is 5.91 Å². The second-order valence-corrected chi connectivity index (χ2v) is 8.21. The topological polar surface area (TPSA) is 29.1 Å². The summed E-state index contributed by atoms with van der Waals surface area (Å²) >= 11 is 7.83. The van der Waals surface area contributed by atoms with E-state index in [1.807, 2.05) is 31.2 Å². The van der Waals surface area contributed by atoms with Crippen molar-refractivity contribution in [1.82, 2.24) is 5.32 Å². The van der Waals surface area contributed by atoms with Gasteiger partial charge in [-0.3, -0.25) is 4.79 Å². The van der Waals surface area contributed by atoms with Gasteiger partial charge in [0.1, 0.15) is 4.88 Å². The first-order valence-electron chi connectivity index (χ1n) is 8.52. The molecule has 0 aliphatic rings. The first kappa shape index (κ1) is 18.0. The van der Waals surface area contributed by atoms with Crippen LogP contribution in [0.15, 0.2) is 48.5 Å². The Labute approximate surface area is 157 Å². The maximum atomic E-state index is 12.6. The molecule has 0 radical (unpaired) electrons. The van der Waals surface area contributed by atoms with Crippen LogP contribution >= 0.6 is 22.9 Å². The van der Waals surface area contributed by atoms with Crippen LogP contribution in [0, 0.1) is 5.92 Å². The molecule has 2 aromatic carbocycles. The molecule has 0 spiro atoms. The number of hydrogen-bond donors (Lipinski definition) is 1. The molecule has 1 heterocycles. The third-order valence-corrected chi connectivity index (χ3v) is 5.89. The van der Waals surface area contributed by atoms with Crippen molar-refractivity contribution in [3.63, 3.8) is 0 Å². The Bertz CT molecular complexity index is 883. The van der Waals surface area contributed by atoms with Crippen molar-refractivity contribution in [3.8, 4) is 0 Å². The maximum Gasteiger partial charge on any atom is 0.263 e. The number of nitrogens with one attached hydrogen (secondary N) is 1. The van der Waals surface area contributed by atoms with Crippen molar-refractivity contribution in [1.29, 1.82) is 0 Å². The Morgan fingerprint density at radius 2 is 1.76 bits per heavy atom. The lowest BCUT2D eigenvalue weighted by Gasteiger charge is -2.15. The minimum atomic E-state index is -0.120. The third-order valence-electron chi connectivity index (χ3n) is 4.21. The summed E-state index contributed by atoms with van der Waals surface area (Å²) in [5, 5.41) is 4.54. The zero-order valence-electron chi connectivity index (χ0n) is 14.7. The monoisotopic (exact) mass is 371 g/mol. The number of carbonyl (C=O) groups excluding carboxylic acids is 1. The molecule has 1 amide bonds. The molecule has 4 heteroatoms. The highest BCUT2D eigenvalue weighted by atomic mass is 35.5. The van der Waals surface area contributed by atoms with E-state index in [1.54, 1.807) is 0 Å². The lowest BCUT2D eigenvalue weighted by Crippen LogP contribution is -2.26. The normalized spacial score (nSPS) is 12.5. The predicted molar refractivity (Wildman–Crippen MR) is 108 cm³/mol. The van der Waals surface area contributed by atoms with Crippen LogP contribution in [0.4, 0.5) is 0 Å². The number of fused-ring (bicyclic) bond motifs is 1. The molecule has 0 bridgehead atoms. The molecule has 0 aliphatic heterocycles. The van der Waals surface area contributed by atoms with E-state index in [0.717, 1.165) is 22.1 Å². The van der Waals surface area contributed by atoms with Crippen LogP contribution in [0.1, 0.15) is 47.6 Å². The molecule has 1 N–H and O–H groups in total. The Kier molecular flexibility index (Phi) is 5.45. The van der Waals surface area contributed by atoms with Gasteiger partial charge in [0.15, 0.2) is 0 Å². The Morgan fingerprint density at radius 1 is 1.08 bits per heavy atom. The summed E-state index contributed by atoms with van der Waals surface area (Å²) in [5.41, 5.74) is 2.42. The number of hydrogen-bond acceptors (Lipinski definition) is 2. The van der Waals surface area contributed by atoms with Crippen LogP contribution in [0.2, 0.25) is 5.02 Å². The first-order valence-corrected chi connectivity index (χ1v) is 9.72. The quantitative estimate of drug-likeness (QED) is 0.564. The molecule has 0 saturated heterocycles.